The van der Waals surface area contributed by atoms with Gasteiger partial charge in [0.05, 0.1) is 18.3 Å². The number of hydrogen-bond donors (Lipinski definition) is 2. The van der Waals surface area contributed by atoms with E-state index in [1.165, 1.54) is 7.11 Å². The third-order valence-corrected chi connectivity index (χ3v) is 6.22. The topological polar surface area (TPSA) is 110 Å². The zero-order valence-corrected chi connectivity index (χ0v) is 14.2. The first-order chi connectivity index (χ1) is 11.3. The number of nitrogens with one attached hydrogen (secondary N) is 1. The van der Waals surface area contributed by atoms with E-state index in [-0.39, 0.29) is 6.42 Å². The van der Waals surface area contributed by atoms with Crippen LogP contribution in [0.2, 0.25) is 0 Å². The van der Waals surface area contributed by atoms with Crippen molar-refractivity contribution in [3.63, 3.8) is 0 Å². The molecule has 0 aromatic heterocycles. The van der Waals surface area contributed by atoms with E-state index in [1.54, 1.807) is 30.3 Å². The largest absolute Gasteiger partial charge is 0.480 e. The lowest BCUT2D eigenvalue weighted by atomic mass is 10.1. The van der Waals surface area contributed by atoms with Crippen molar-refractivity contribution in [3.05, 3.63) is 35.9 Å². The molecule has 24 heavy (non-hydrogen) atoms. The van der Waals surface area contributed by atoms with E-state index < -0.39 is 39.2 Å². The second kappa shape index (κ2) is 7.76. The van der Waals surface area contributed by atoms with Gasteiger partial charge in [0.15, 0.2) is 0 Å². The third kappa shape index (κ3) is 4.33. The molecule has 0 aliphatic heterocycles. The summed E-state index contributed by atoms with van der Waals surface area (Å²) in [4.78, 5) is 23.2. The van der Waals surface area contributed by atoms with Crippen molar-refractivity contribution in [1.82, 2.24) is 4.72 Å². The van der Waals surface area contributed by atoms with E-state index >= 15 is 0 Å². The highest BCUT2D eigenvalue weighted by molar-refractivity contribution is 7.90. The van der Waals surface area contributed by atoms with Gasteiger partial charge < -0.3 is 9.84 Å². The molecule has 1 aliphatic carbocycles. The Labute approximate surface area is 141 Å². The number of rotatable bonds is 7. The Hall–Kier alpha value is -1.93. The number of methoxy groups -OCH3 is 1. The molecule has 0 saturated heterocycles. The minimum Gasteiger partial charge on any atom is -0.480 e. The monoisotopic (exact) mass is 355 g/mol. The molecule has 8 heteroatoms. The van der Waals surface area contributed by atoms with Gasteiger partial charge in [0.1, 0.15) is 6.04 Å². The number of ether oxygens (including phenoxy) is 1. The quantitative estimate of drug-likeness (QED) is 0.705. The first-order valence-electron chi connectivity index (χ1n) is 7.71. The van der Waals surface area contributed by atoms with Crippen LogP contribution < -0.4 is 4.72 Å². The summed E-state index contributed by atoms with van der Waals surface area (Å²) < 4.78 is 32.1. The van der Waals surface area contributed by atoms with Crippen LogP contribution in [-0.4, -0.2) is 43.9 Å². The number of hydrogen-bond acceptors (Lipinski definition) is 5. The standard InChI is InChI=1S/C16H21NO6S/c1-23-16(20)12-8-5-9-14(12)24(21,22)17-13(15(18)19)10-11-6-3-2-4-7-11/h2-4,6-7,12-14,17H,5,8-10H2,1H3,(H,18,19)/t12?,13-,14?/m1/s1. The number of benzene rings is 1. The molecule has 1 aliphatic rings. The Bertz CT molecular complexity index is 688. The number of sulfonamides is 1. The number of carbonyl (C=O) groups excluding carboxylic acids is 1. The van der Waals surface area contributed by atoms with Gasteiger partial charge in [-0.25, -0.2) is 13.1 Å². The molecule has 3 atom stereocenters. The molecular formula is C16H21NO6S. The molecule has 1 fully saturated rings. The SMILES string of the molecule is COC(=O)C1CCCC1S(=O)(=O)N[C@H](Cc1ccccc1)C(=O)O. The van der Waals surface area contributed by atoms with Gasteiger partial charge in [-0.3, -0.25) is 9.59 Å². The van der Waals surface area contributed by atoms with Crippen LogP contribution in [-0.2, 0) is 30.8 Å². The third-order valence-electron chi connectivity index (χ3n) is 4.24. The van der Waals surface area contributed by atoms with Crippen LogP contribution in [0.25, 0.3) is 0 Å². The van der Waals surface area contributed by atoms with Crippen LogP contribution in [0.1, 0.15) is 24.8 Å². The van der Waals surface area contributed by atoms with E-state index in [2.05, 4.69) is 9.46 Å². The number of carbonyl (C=O) groups is 2. The second-order valence-electron chi connectivity index (χ2n) is 5.84. The molecule has 132 valence electrons. The van der Waals surface area contributed by atoms with Gasteiger partial charge in [0, 0.05) is 0 Å². The summed E-state index contributed by atoms with van der Waals surface area (Å²) in [5, 5.41) is 8.39. The van der Waals surface area contributed by atoms with Crippen LogP contribution in [0.3, 0.4) is 0 Å². The summed E-state index contributed by atoms with van der Waals surface area (Å²) in [6.45, 7) is 0. The Morgan fingerprint density at radius 2 is 1.96 bits per heavy atom. The summed E-state index contributed by atoms with van der Waals surface area (Å²) in [7, 11) is -2.74. The normalized spacial score (nSPS) is 22.0. The van der Waals surface area contributed by atoms with Crippen molar-refractivity contribution < 1.29 is 27.9 Å². The number of esters is 1. The molecule has 1 aromatic rings. The number of carboxylic acid groups (broad SMARTS) is 1. The summed E-state index contributed by atoms with van der Waals surface area (Å²) in [6, 6.07) is 7.49. The van der Waals surface area contributed by atoms with Crippen molar-refractivity contribution in [2.75, 3.05) is 7.11 Å². The molecule has 2 rings (SSSR count). The van der Waals surface area contributed by atoms with Crippen molar-refractivity contribution in [2.24, 2.45) is 5.92 Å². The van der Waals surface area contributed by atoms with E-state index in [4.69, 9.17) is 0 Å². The van der Waals surface area contributed by atoms with Gasteiger partial charge >= 0.3 is 11.9 Å². The molecular weight excluding hydrogens is 334 g/mol. The van der Waals surface area contributed by atoms with Crippen molar-refractivity contribution >= 4 is 22.0 Å². The lowest BCUT2D eigenvalue weighted by Gasteiger charge is -2.21. The molecule has 0 amide bonds. The number of aliphatic carboxylic acids is 1. The Morgan fingerprint density at radius 3 is 2.54 bits per heavy atom. The molecule has 1 saturated carbocycles. The van der Waals surface area contributed by atoms with Crippen LogP contribution >= 0.6 is 0 Å². The van der Waals surface area contributed by atoms with E-state index in [9.17, 15) is 23.1 Å². The van der Waals surface area contributed by atoms with Crippen LogP contribution in [0.4, 0.5) is 0 Å². The predicted octanol–water partition coefficient (Wildman–Crippen LogP) is 0.943. The lowest BCUT2D eigenvalue weighted by Crippen LogP contribution is -2.48. The highest BCUT2D eigenvalue weighted by atomic mass is 32.2. The predicted molar refractivity (Wildman–Crippen MR) is 86.8 cm³/mol. The maximum atomic E-state index is 12.6. The molecule has 2 unspecified atom stereocenters. The summed E-state index contributed by atoms with van der Waals surface area (Å²) >= 11 is 0. The van der Waals surface area contributed by atoms with E-state index in [1.807, 2.05) is 0 Å². The molecule has 7 nitrogen and oxygen atoms in total. The number of carboxylic acids is 1. The average molecular weight is 355 g/mol. The fourth-order valence-corrected chi connectivity index (χ4v) is 4.95. The summed E-state index contributed by atoms with van der Waals surface area (Å²) in [6.07, 6.45) is 1.36. The Balaban J connectivity index is 2.15. The lowest BCUT2D eigenvalue weighted by molar-refractivity contribution is -0.145. The van der Waals surface area contributed by atoms with Crippen LogP contribution in [0.15, 0.2) is 30.3 Å². The Morgan fingerprint density at radius 1 is 1.29 bits per heavy atom. The highest BCUT2D eigenvalue weighted by Gasteiger charge is 2.43. The van der Waals surface area contributed by atoms with Gasteiger partial charge in [0.25, 0.3) is 0 Å². The first kappa shape index (κ1) is 18.4. The average Bonchev–Trinajstić information content (AvgIpc) is 3.05. The maximum absolute atomic E-state index is 12.6. The van der Waals surface area contributed by atoms with Crippen molar-refractivity contribution in [1.29, 1.82) is 0 Å². The first-order valence-corrected chi connectivity index (χ1v) is 9.25. The van der Waals surface area contributed by atoms with Crippen LogP contribution in [0, 0.1) is 5.92 Å². The van der Waals surface area contributed by atoms with Crippen LogP contribution in [0.5, 0.6) is 0 Å². The van der Waals surface area contributed by atoms with Gasteiger partial charge in [-0.15, -0.1) is 0 Å². The minimum atomic E-state index is -3.96. The molecule has 0 heterocycles. The second-order valence-corrected chi connectivity index (χ2v) is 7.77. The smallest absolute Gasteiger partial charge is 0.322 e. The Kier molecular flexibility index (Phi) is 5.95. The fourth-order valence-electron chi connectivity index (χ4n) is 3.03. The highest BCUT2D eigenvalue weighted by Crippen LogP contribution is 2.31. The van der Waals surface area contributed by atoms with Gasteiger partial charge in [-0.2, -0.15) is 0 Å². The van der Waals surface area contributed by atoms with Crippen molar-refractivity contribution in [2.45, 2.75) is 37.0 Å². The van der Waals surface area contributed by atoms with E-state index in [0.717, 1.165) is 0 Å². The molecule has 0 bridgehead atoms. The molecule has 2 N–H and O–H groups in total. The summed E-state index contributed by atoms with van der Waals surface area (Å²) in [5.74, 6) is -2.58. The molecule has 1 aromatic carbocycles. The minimum absolute atomic E-state index is 0.0328. The summed E-state index contributed by atoms with van der Waals surface area (Å²) in [5.41, 5.74) is 0.712. The maximum Gasteiger partial charge on any atom is 0.322 e. The zero-order valence-electron chi connectivity index (χ0n) is 13.3. The van der Waals surface area contributed by atoms with Crippen molar-refractivity contribution in [3.8, 4) is 0 Å². The van der Waals surface area contributed by atoms with Gasteiger partial charge in [0.2, 0.25) is 10.0 Å². The zero-order chi connectivity index (χ0) is 17.7. The fraction of sp³-hybridized carbons (Fsp3) is 0.500. The van der Waals surface area contributed by atoms with E-state index in [0.29, 0.717) is 24.8 Å². The molecule has 0 radical (unpaired) electrons. The van der Waals surface area contributed by atoms with Gasteiger partial charge in [-0.05, 0) is 24.8 Å². The molecule has 0 spiro atoms. The van der Waals surface area contributed by atoms with Gasteiger partial charge in [-0.1, -0.05) is 36.8 Å².